The second kappa shape index (κ2) is 3.94. The molecule has 0 fully saturated rings. The first-order valence-electron chi connectivity index (χ1n) is 4.97. The van der Waals surface area contributed by atoms with E-state index >= 15 is 0 Å². The average molecular weight is 246 g/mol. The van der Waals surface area contributed by atoms with Crippen LogP contribution in [0.3, 0.4) is 0 Å². The lowest BCUT2D eigenvalue weighted by atomic mass is 10.00. The molecule has 92 valence electrons. The largest absolute Gasteiger partial charge is 0.481 e. The highest BCUT2D eigenvalue weighted by Crippen LogP contribution is 2.35. The summed E-state index contributed by atoms with van der Waals surface area (Å²) in [5.74, 6) is -0.991. The fraction of sp³-hybridized carbons (Fsp3) is 0.364. The molecule has 17 heavy (non-hydrogen) atoms. The Morgan fingerprint density at radius 2 is 2.12 bits per heavy atom. The first-order valence-corrected chi connectivity index (χ1v) is 4.97. The van der Waals surface area contributed by atoms with Crippen LogP contribution in [-0.4, -0.2) is 23.4 Å². The molecule has 0 saturated carbocycles. The summed E-state index contributed by atoms with van der Waals surface area (Å²) < 4.78 is 42.1. The van der Waals surface area contributed by atoms with Crippen molar-refractivity contribution in [1.82, 2.24) is 0 Å². The van der Waals surface area contributed by atoms with Gasteiger partial charge in [-0.3, -0.25) is 0 Å². The molecule has 0 spiro atoms. The lowest BCUT2D eigenvalue weighted by Crippen LogP contribution is -2.37. The number of rotatable bonds is 1. The summed E-state index contributed by atoms with van der Waals surface area (Å²) in [7, 11) is 0. The number of hydrogen-bond acceptors (Lipinski definition) is 2. The number of carboxylic acid groups (broad SMARTS) is 1. The minimum atomic E-state index is -4.39. The van der Waals surface area contributed by atoms with Crippen LogP contribution >= 0.6 is 0 Å². The number of carboxylic acids is 1. The lowest BCUT2D eigenvalue weighted by molar-refractivity contribution is -0.199. The van der Waals surface area contributed by atoms with Crippen LogP contribution < -0.4 is 4.74 Å². The number of benzene rings is 1. The molecule has 6 heteroatoms. The molecule has 0 amide bonds. The van der Waals surface area contributed by atoms with E-state index in [9.17, 15) is 18.0 Å². The highest BCUT2D eigenvalue weighted by atomic mass is 19.4. The second-order valence-corrected chi connectivity index (χ2v) is 3.81. The monoisotopic (exact) mass is 246 g/mol. The molecular formula is C11H9F3O3. The third kappa shape index (κ3) is 2.35. The van der Waals surface area contributed by atoms with E-state index in [0.29, 0.717) is 5.56 Å². The Morgan fingerprint density at radius 1 is 1.41 bits per heavy atom. The first-order chi connectivity index (χ1) is 7.88. The van der Waals surface area contributed by atoms with Crippen molar-refractivity contribution in [3.63, 3.8) is 0 Å². The van der Waals surface area contributed by atoms with E-state index in [-0.39, 0.29) is 24.2 Å². The number of halogens is 3. The molecule has 0 radical (unpaired) electrons. The summed E-state index contributed by atoms with van der Waals surface area (Å²) >= 11 is 0. The minimum absolute atomic E-state index is 0.0535. The number of hydrogen-bond donors (Lipinski definition) is 1. The molecule has 1 aliphatic heterocycles. The third-order valence-electron chi connectivity index (χ3n) is 2.62. The average Bonchev–Trinajstić information content (AvgIpc) is 2.26. The number of aryl methyl sites for hydroxylation is 1. The highest BCUT2D eigenvalue weighted by molar-refractivity contribution is 5.88. The van der Waals surface area contributed by atoms with Crippen molar-refractivity contribution in [3.05, 3.63) is 29.3 Å². The summed E-state index contributed by atoms with van der Waals surface area (Å²) in [5, 5.41) is 8.75. The molecule has 2 rings (SSSR count). The maximum absolute atomic E-state index is 12.4. The van der Waals surface area contributed by atoms with Crippen molar-refractivity contribution in [3.8, 4) is 5.75 Å². The van der Waals surface area contributed by atoms with Gasteiger partial charge in [-0.2, -0.15) is 13.2 Å². The molecule has 1 aromatic rings. The van der Waals surface area contributed by atoms with Crippen molar-refractivity contribution < 1.29 is 27.8 Å². The van der Waals surface area contributed by atoms with E-state index in [1.807, 2.05) is 0 Å². The number of carbonyl (C=O) groups is 1. The quantitative estimate of drug-likeness (QED) is 0.828. The van der Waals surface area contributed by atoms with E-state index in [0.717, 1.165) is 0 Å². The number of aromatic carboxylic acids is 1. The van der Waals surface area contributed by atoms with Gasteiger partial charge in [0.2, 0.25) is 0 Å². The first kappa shape index (κ1) is 11.8. The second-order valence-electron chi connectivity index (χ2n) is 3.81. The van der Waals surface area contributed by atoms with Crippen LogP contribution in [0.15, 0.2) is 18.2 Å². The lowest BCUT2D eigenvalue weighted by Gasteiger charge is -2.27. The van der Waals surface area contributed by atoms with Crippen LogP contribution in [0.4, 0.5) is 13.2 Å². The molecule has 1 N–H and O–H groups in total. The SMILES string of the molecule is O=C(O)c1ccc2c(c1)CCC(C(F)(F)F)O2. The summed E-state index contributed by atoms with van der Waals surface area (Å²) in [5.41, 5.74) is 0.559. The van der Waals surface area contributed by atoms with Crippen molar-refractivity contribution in [2.45, 2.75) is 25.1 Å². The van der Waals surface area contributed by atoms with Gasteiger partial charge in [0, 0.05) is 0 Å². The van der Waals surface area contributed by atoms with Crippen molar-refractivity contribution >= 4 is 5.97 Å². The van der Waals surface area contributed by atoms with Crippen molar-refractivity contribution in [2.24, 2.45) is 0 Å². The van der Waals surface area contributed by atoms with Gasteiger partial charge < -0.3 is 9.84 Å². The summed E-state index contributed by atoms with van der Waals surface area (Å²) in [6.45, 7) is 0. The molecule has 0 aromatic heterocycles. The van der Waals surface area contributed by atoms with E-state index in [2.05, 4.69) is 0 Å². The van der Waals surface area contributed by atoms with Crippen LogP contribution in [0, 0.1) is 0 Å². The molecule has 1 unspecified atom stereocenters. The molecule has 0 aliphatic carbocycles. The summed E-state index contributed by atoms with van der Waals surface area (Å²) in [6.07, 6.45) is -6.20. The van der Waals surface area contributed by atoms with E-state index in [4.69, 9.17) is 9.84 Å². The van der Waals surface area contributed by atoms with Crippen LogP contribution in [0.25, 0.3) is 0 Å². The zero-order valence-electron chi connectivity index (χ0n) is 8.62. The van der Waals surface area contributed by atoms with Crippen molar-refractivity contribution in [1.29, 1.82) is 0 Å². The zero-order chi connectivity index (χ0) is 12.6. The highest BCUT2D eigenvalue weighted by Gasteiger charge is 2.43. The smallest absolute Gasteiger partial charge is 0.425 e. The van der Waals surface area contributed by atoms with E-state index < -0.39 is 18.2 Å². The maximum Gasteiger partial charge on any atom is 0.425 e. The third-order valence-corrected chi connectivity index (χ3v) is 2.62. The standard InChI is InChI=1S/C11H9F3O3/c12-11(13,14)9-4-2-6-5-7(10(15)16)1-3-8(6)17-9/h1,3,5,9H,2,4H2,(H,15,16). The summed E-state index contributed by atoms with van der Waals surface area (Å²) in [4.78, 5) is 10.7. The number of alkyl halides is 3. The topological polar surface area (TPSA) is 46.5 Å². The molecule has 0 saturated heterocycles. The van der Waals surface area contributed by atoms with Crippen LogP contribution in [-0.2, 0) is 6.42 Å². The number of fused-ring (bicyclic) bond motifs is 1. The molecular weight excluding hydrogens is 237 g/mol. The predicted molar refractivity (Wildman–Crippen MR) is 52.2 cm³/mol. The minimum Gasteiger partial charge on any atom is -0.481 e. The Hall–Kier alpha value is -1.72. The van der Waals surface area contributed by atoms with Gasteiger partial charge in [0.15, 0.2) is 6.10 Å². The summed E-state index contributed by atoms with van der Waals surface area (Å²) in [6, 6.07) is 3.86. The van der Waals surface area contributed by atoms with Gasteiger partial charge in [-0.05, 0) is 36.6 Å². The van der Waals surface area contributed by atoms with Gasteiger partial charge >= 0.3 is 12.1 Å². The van der Waals surface area contributed by atoms with Gasteiger partial charge in [-0.1, -0.05) is 0 Å². The van der Waals surface area contributed by atoms with Crippen LogP contribution in [0.2, 0.25) is 0 Å². The van der Waals surface area contributed by atoms with E-state index in [1.54, 1.807) is 0 Å². The van der Waals surface area contributed by atoms with Gasteiger partial charge in [-0.15, -0.1) is 0 Å². The Morgan fingerprint density at radius 3 is 2.71 bits per heavy atom. The molecule has 1 heterocycles. The van der Waals surface area contributed by atoms with Gasteiger partial charge in [0.05, 0.1) is 5.56 Å². The molecule has 1 aliphatic rings. The Labute approximate surface area is 94.8 Å². The van der Waals surface area contributed by atoms with Crippen LogP contribution in [0.1, 0.15) is 22.3 Å². The molecule has 1 atom stereocenters. The fourth-order valence-corrected chi connectivity index (χ4v) is 1.75. The zero-order valence-corrected chi connectivity index (χ0v) is 8.62. The predicted octanol–water partition coefficient (Wildman–Crippen LogP) is 2.64. The Kier molecular flexibility index (Phi) is 2.73. The van der Waals surface area contributed by atoms with E-state index in [1.165, 1.54) is 18.2 Å². The van der Waals surface area contributed by atoms with Crippen molar-refractivity contribution in [2.75, 3.05) is 0 Å². The van der Waals surface area contributed by atoms with Gasteiger partial charge in [-0.25, -0.2) is 4.79 Å². The van der Waals surface area contributed by atoms with Gasteiger partial charge in [0.1, 0.15) is 5.75 Å². The maximum atomic E-state index is 12.4. The molecule has 0 bridgehead atoms. The van der Waals surface area contributed by atoms with Crippen LogP contribution in [0.5, 0.6) is 5.75 Å². The normalized spacial score (nSPS) is 19.4. The Balaban J connectivity index is 2.26. The Bertz CT molecular complexity index is 454. The number of ether oxygens (including phenoxy) is 1. The fourth-order valence-electron chi connectivity index (χ4n) is 1.75. The molecule has 3 nitrogen and oxygen atoms in total. The molecule has 1 aromatic carbocycles. The van der Waals surface area contributed by atoms with Gasteiger partial charge in [0.25, 0.3) is 0 Å².